The molecule has 5 nitrogen and oxygen atoms in total. The van der Waals surface area contributed by atoms with Gasteiger partial charge in [0.2, 0.25) is 5.43 Å². The summed E-state index contributed by atoms with van der Waals surface area (Å²) in [6.07, 6.45) is 1.45. The zero-order valence-electron chi connectivity index (χ0n) is 13.4. The number of carbonyl (C=O) groups excluding carboxylic acids is 1. The van der Waals surface area contributed by atoms with Crippen LogP contribution in [0.5, 0.6) is 0 Å². The first-order valence-corrected chi connectivity index (χ1v) is 7.38. The maximum atomic E-state index is 13.5. The molecule has 0 aliphatic heterocycles. The molecule has 0 saturated carbocycles. The van der Waals surface area contributed by atoms with Gasteiger partial charge in [-0.05, 0) is 19.1 Å². The number of aromatic nitrogens is 2. The standard InChI is InChI=1S/C17H15F2N3O2/c1-4-22-8-11(17(24)21(2)3)15(23)10-5-9-6-12(18)13(19)7-14(9)20-16(10)22/h5-8H,4H2,1-3H3. The largest absolute Gasteiger partial charge is 0.345 e. The smallest absolute Gasteiger partial charge is 0.258 e. The summed E-state index contributed by atoms with van der Waals surface area (Å²) < 4.78 is 28.5. The van der Waals surface area contributed by atoms with Crippen molar-refractivity contribution in [3.8, 4) is 0 Å². The average molecular weight is 331 g/mol. The van der Waals surface area contributed by atoms with Gasteiger partial charge in [0.15, 0.2) is 11.6 Å². The van der Waals surface area contributed by atoms with Gasteiger partial charge in [-0.1, -0.05) is 0 Å². The normalized spacial score (nSPS) is 11.2. The third-order valence-electron chi connectivity index (χ3n) is 3.86. The second-order valence-corrected chi connectivity index (χ2v) is 5.68. The van der Waals surface area contributed by atoms with Gasteiger partial charge in [0.25, 0.3) is 5.91 Å². The molecule has 0 N–H and O–H groups in total. The number of benzene rings is 1. The summed E-state index contributed by atoms with van der Waals surface area (Å²) in [7, 11) is 3.11. The Labute approximate surface area is 136 Å². The fraction of sp³-hybridized carbons (Fsp3) is 0.235. The minimum absolute atomic E-state index is 0.0121. The fourth-order valence-corrected chi connectivity index (χ4v) is 2.60. The lowest BCUT2D eigenvalue weighted by Gasteiger charge is -2.14. The number of fused-ring (bicyclic) bond motifs is 2. The van der Waals surface area contributed by atoms with Crippen LogP contribution in [-0.4, -0.2) is 34.5 Å². The topological polar surface area (TPSA) is 55.2 Å². The highest BCUT2D eigenvalue weighted by atomic mass is 19.2. The number of rotatable bonds is 2. The van der Waals surface area contributed by atoms with Gasteiger partial charge in [0, 0.05) is 38.3 Å². The quantitative estimate of drug-likeness (QED) is 0.678. The van der Waals surface area contributed by atoms with Crippen LogP contribution in [0.4, 0.5) is 8.78 Å². The average Bonchev–Trinajstić information content (AvgIpc) is 2.54. The van der Waals surface area contributed by atoms with E-state index in [1.807, 2.05) is 6.92 Å². The predicted octanol–water partition coefficient (Wildman–Crippen LogP) is 2.55. The van der Waals surface area contributed by atoms with Crippen molar-refractivity contribution in [1.29, 1.82) is 0 Å². The number of aryl methyl sites for hydroxylation is 1. The van der Waals surface area contributed by atoms with E-state index in [-0.39, 0.29) is 16.5 Å². The van der Waals surface area contributed by atoms with Gasteiger partial charge in [0.05, 0.1) is 10.9 Å². The van der Waals surface area contributed by atoms with Crippen molar-refractivity contribution in [3.05, 3.63) is 51.8 Å². The van der Waals surface area contributed by atoms with Gasteiger partial charge in [0.1, 0.15) is 11.2 Å². The predicted molar refractivity (Wildman–Crippen MR) is 87.1 cm³/mol. The first-order valence-electron chi connectivity index (χ1n) is 7.38. The Bertz CT molecular complexity index is 1040. The number of hydrogen-bond acceptors (Lipinski definition) is 3. The molecule has 0 saturated heterocycles. The number of halogens is 2. The SMILES string of the molecule is CCn1cc(C(=O)N(C)C)c(=O)c2cc3cc(F)c(F)cc3nc21. The van der Waals surface area contributed by atoms with E-state index in [4.69, 9.17) is 0 Å². The molecule has 0 fully saturated rings. The third-order valence-corrected chi connectivity index (χ3v) is 3.86. The molecule has 0 aliphatic rings. The maximum Gasteiger partial charge on any atom is 0.258 e. The molecule has 3 aromatic rings. The Morgan fingerprint density at radius 2 is 1.88 bits per heavy atom. The number of amides is 1. The van der Waals surface area contributed by atoms with Crippen LogP contribution in [0.25, 0.3) is 21.9 Å². The van der Waals surface area contributed by atoms with E-state index >= 15 is 0 Å². The minimum atomic E-state index is -1.01. The highest BCUT2D eigenvalue weighted by Crippen LogP contribution is 2.21. The molecule has 0 unspecified atom stereocenters. The molecular weight excluding hydrogens is 316 g/mol. The van der Waals surface area contributed by atoms with Crippen molar-refractivity contribution in [2.24, 2.45) is 0 Å². The third kappa shape index (κ3) is 2.42. The highest BCUT2D eigenvalue weighted by molar-refractivity contribution is 5.98. The highest BCUT2D eigenvalue weighted by Gasteiger charge is 2.18. The van der Waals surface area contributed by atoms with Crippen LogP contribution in [0.1, 0.15) is 17.3 Å². The Morgan fingerprint density at radius 3 is 2.50 bits per heavy atom. The zero-order chi connectivity index (χ0) is 17.6. The van der Waals surface area contributed by atoms with E-state index in [2.05, 4.69) is 4.98 Å². The summed E-state index contributed by atoms with van der Waals surface area (Å²) in [4.78, 5) is 30.5. The van der Waals surface area contributed by atoms with Crippen molar-refractivity contribution in [2.75, 3.05) is 14.1 Å². The van der Waals surface area contributed by atoms with E-state index in [0.29, 0.717) is 17.6 Å². The van der Waals surface area contributed by atoms with E-state index in [1.165, 1.54) is 17.2 Å². The van der Waals surface area contributed by atoms with Crippen LogP contribution in [0.3, 0.4) is 0 Å². The Balaban J connectivity index is 2.44. The van der Waals surface area contributed by atoms with E-state index < -0.39 is 23.0 Å². The van der Waals surface area contributed by atoms with Gasteiger partial charge in [-0.2, -0.15) is 0 Å². The van der Waals surface area contributed by atoms with E-state index in [1.54, 1.807) is 18.7 Å². The van der Waals surface area contributed by atoms with Crippen LogP contribution < -0.4 is 5.43 Å². The van der Waals surface area contributed by atoms with Crippen molar-refractivity contribution >= 4 is 27.8 Å². The molecule has 0 spiro atoms. The first kappa shape index (κ1) is 16.0. The lowest BCUT2D eigenvalue weighted by molar-refractivity contribution is 0.0826. The van der Waals surface area contributed by atoms with Gasteiger partial charge in [-0.25, -0.2) is 13.8 Å². The molecule has 24 heavy (non-hydrogen) atoms. The molecule has 2 heterocycles. The summed E-state index contributed by atoms with van der Waals surface area (Å²) in [5, 5.41) is 0.499. The van der Waals surface area contributed by atoms with E-state index in [9.17, 15) is 18.4 Å². The van der Waals surface area contributed by atoms with Crippen molar-refractivity contribution < 1.29 is 13.6 Å². The molecule has 0 aliphatic carbocycles. The summed E-state index contributed by atoms with van der Waals surface area (Å²) in [6.45, 7) is 2.30. The second-order valence-electron chi connectivity index (χ2n) is 5.68. The Kier molecular flexibility index (Phi) is 3.79. The molecule has 0 radical (unpaired) electrons. The van der Waals surface area contributed by atoms with Crippen LogP contribution in [0.2, 0.25) is 0 Å². The van der Waals surface area contributed by atoms with Crippen molar-refractivity contribution in [1.82, 2.24) is 14.5 Å². The van der Waals surface area contributed by atoms with Crippen molar-refractivity contribution in [3.63, 3.8) is 0 Å². The van der Waals surface area contributed by atoms with Crippen LogP contribution in [-0.2, 0) is 6.54 Å². The Morgan fingerprint density at radius 1 is 1.21 bits per heavy atom. The molecule has 7 heteroatoms. The van der Waals surface area contributed by atoms with Gasteiger partial charge >= 0.3 is 0 Å². The van der Waals surface area contributed by atoms with Gasteiger partial charge in [-0.3, -0.25) is 9.59 Å². The minimum Gasteiger partial charge on any atom is -0.345 e. The summed E-state index contributed by atoms with van der Waals surface area (Å²) in [5.74, 6) is -2.44. The van der Waals surface area contributed by atoms with Crippen molar-refractivity contribution in [2.45, 2.75) is 13.5 Å². The number of carbonyl (C=O) groups is 1. The second kappa shape index (κ2) is 5.67. The summed E-state index contributed by atoms with van der Waals surface area (Å²) >= 11 is 0. The first-order chi connectivity index (χ1) is 11.3. The monoisotopic (exact) mass is 331 g/mol. The molecular formula is C17H15F2N3O2. The van der Waals surface area contributed by atoms with E-state index in [0.717, 1.165) is 12.1 Å². The molecule has 2 aromatic heterocycles. The molecule has 0 atom stereocenters. The van der Waals surface area contributed by atoms with Crippen LogP contribution in [0.15, 0.2) is 29.2 Å². The molecule has 3 rings (SSSR count). The zero-order valence-corrected chi connectivity index (χ0v) is 13.4. The molecule has 1 amide bonds. The number of nitrogens with zero attached hydrogens (tertiary/aromatic N) is 3. The lowest BCUT2D eigenvalue weighted by Crippen LogP contribution is -2.29. The van der Waals surface area contributed by atoms with Gasteiger partial charge < -0.3 is 9.47 Å². The fourth-order valence-electron chi connectivity index (χ4n) is 2.60. The number of hydrogen-bond donors (Lipinski definition) is 0. The summed E-state index contributed by atoms with van der Waals surface area (Å²) in [6, 6.07) is 3.43. The van der Waals surface area contributed by atoms with Crippen LogP contribution >= 0.6 is 0 Å². The van der Waals surface area contributed by atoms with Gasteiger partial charge in [-0.15, -0.1) is 0 Å². The lowest BCUT2D eigenvalue weighted by atomic mass is 10.1. The molecule has 124 valence electrons. The number of pyridine rings is 2. The maximum absolute atomic E-state index is 13.5. The molecule has 1 aromatic carbocycles. The summed E-state index contributed by atoms with van der Waals surface area (Å²) in [5.41, 5.74) is 0.108. The molecule has 0 bridgehead atoms. The van der Waals surface area contributed by atoms with Crippen LogP contribution in [0, 0.1) is 11.6 Å². The Hall–Kier alpha value is -2.83.